The van der Waals surface area contributed by atoms with Crippen molar-refractivity contribution < 1.29 is 4.79 Å². The number of amides is 1. The molecule has 0 radical (unpaired) electrons. The summed E-state index contributed by atoms with van der Waals surface area (Å²) < 4.78 is 0. The number of pyridine rings is 1. The number of aromatic nitrogens is 1. The quantitative estimate of drug-likeness (QED) is 0.710. The van der Waals surface area contributed by atoms with Crippen molar-refractivity contribution in [2.75, 3.05) is 24.1 Å². The maximum absolute atomic E-state index is 11.9. The van der Waals surface area contributed by atoms with Gasteiger partial charge in [-0.2, -0.15) is 0 Å². The zero-order valence-electron chi connectivity index (χ0n) is 12.1. The third kappa shape index (κ3) is 4.80. The van der Waals surface area contributed by atoms with Gasteiger partial charge in [-0.1, -0.05) is 17.7 Å². The van der Waals surface area contributed by atoms with Gasteiger partial charge < -0.3 is 16.4 Å². The normalized spacial score (nSPS) is 10.1. The van der Waals surface area contributed by atoms with E-state index in [1.807, 2.05) is 37.3 Å². The summed E-state index contributed by atoms with van der Waals surface area (Å²) in [7, 11) is 0. The molecule has 1 aromatic carbocycles. The Morgan fingerprint density at radius 1 is 1.14 bits per heavy atom. The molecular formula is C16H20N4O. The molecule has 0 aliphatic rings. The molecule has 0 aliphatic heterocycles. The summed E-state index contributed by atoms with van der Waals surface area (Å²) in [5.74, 6) is 0.745. The van der Waals surface area contributed by atoms with Gasteiger partial charge in [0, 0.05) is 18.7 Å². The van der Waals surface area contributed by atoms with Gasteiger partial charge in [0.1, 0.15) is 5.82 Å². The molecule has 0 bridgehead atoms. The van der Waals surface area contributed by atoms with Crippen LogP contribution in [0.3, 0.4) is 0 Å². The summed E-state index contributed by atoms with van der Waals surface area (Å²) in [5.41, 5.74) is 8.04. The molecule has 21 heavy (non-hydrogen) atoms. The molecule has 0 aliphatic carbocycles. The Balaban J connectivity index is 1.66. The smallest absolute Gasteiger partial charge is 0.251 e. The number of rotatable bonds is 6. The van der Waals surface area contributed by atoms with Gasteiger partial charge in [-0.3, -0.25) is 4.79 Å². The molecule has 0 saturated carbocycles. The van der Waals surface area contributed by atoms with E-state index >= 15 is 0 Å². The van der Waals surface area contributed by atoms with Gasteiger partial charge in [-0.25, -0.2) is 4.98 Å². The topological polar surface area (TPSA) is 80.0 Å². The van der Waals surface area contributed by atoms with Gasteiger partial charge in [-0.05, 0) is 37.6 Å². The second kappa shape index (κ2) is 7.28. The number of nitrogens with one attached hydrogen (secondary N) is 2. The molecule has 0 spiro atoms. The lowest BCUT2D eigenvalue weighted by atomic mass is 10.1. The van der Waals surface area contributed by atoms with Crippen LogP contribution >= 0.6 is 0 Å². The molecular weight excluding hydrogens is 264 g/mol. The highest BCUT2D eigenvalue weighted by Crippen LogP contribution is 2.05. The molecule has 2 aromatic rings. The van der Waals surface area contributed by atoms with Crippen molar-refractivity contribution in [1.29, 1.82) is 0 Å². The molecule has 0 saturated heterocycles. The molecule has 1 aromatic heterocycles. The SMILES string of the molecule is Cc1ccc(C(=O)NCCCNc2ccc(N)cn2)cc1. The second-order valence-corrected chi connectivity index (χ2v) is 4.88. The Morgan fingerprint density at radius 3 is 2.57 bits per heavy atom. The fourth-order valence-electron chi connectivity index (χ4n) is 1.82. The van der Waals surface area contributed by atoms with Crippen molar-refractivity contribution in [3.05, 3.63) is 53.7 Å². The number of nitrogens with two attached hydrogens (primary N) is 1. The molecule has 0 fully saturated rings. The average Bonchev–Trinajstić information content (AvgIpc) is 2.49. The highest BCUT2D eigenvalue weighted by atomic mass is 16.1. The summed E-state index contributed by atoms with van der Waals surface area (Å²) in [6.45, 7) is 3.36. The fraction of sp³-hybridized carbons (Fsp3) is 0.250. The summed E-state index contributed by atoms with van der Waals surface area (Å²) in [6, 6.07) is 11.2. The second-order valence-electron chi connectivity index (χ2n) is 4.88. The van der Waals surface area contributed by atoms with E-state index in [-0.39, 0.29) is 5.91 Å². The lowest BCUT2D eigenvalue weighted by Gasteiger charge is -2.07. The number of hydrogen-bond acceptors (Lipinski definition) is 4. The van der Waals surface area contributed by atoms with Gasteiger partial charge in [0.2, 0.25) is 0 Å². The van der Waals surface area contributed by atoms with Gasteiger partial charge in [0.15, 0.2) is 0 Å². The van der Waals surface area contributed by atoms with E-state index in [0.29, 0.717) is 17.8 Å². The summed E-state index contributed by atoms with van der Waals surface area (Å²) >= 11 is 0. The first-order valence-corrected chi connectivity index (χ1v) is 6.95. The van der Waals surface area contributed by atoms with E-state index in [1.165, 1.54) is 0 Å². The summed E-state index contributed by atoms with van der Waals surface area (Å²) in [6.07, 6.45) is 2.44. The highest BCUT2D eigenvalue weighted by molar-refractivity contribution is 5.94. The Labute approximate surface area is 124 Å². The Bertz CT molecular complexity index is 578. The monoisotopic (exact) mass is 284 g/mol. The minimum absolute atomic E-state index is 0.0411. The number of aryl methyl sites for hydroxylation is 1. The summed E-state index contributed by atoms with van der Waals surface area (Å²) in [4.78, 5) is 16.0. The maximum Gasteiger partial charge on any atom is 0.251 e. The van der Waals surface area contributed by atoms with Gasteiger partial charge in [-0.15, -0.1) is 0 Å². The number of anilines is 2. The van der Waals surface area contributed by atoms with Crippen molar-refractivity contribution in [3.63, 3.8) is 0 Å². The first-order chi connectivity index (χ1) is 10.1. The number of carbonyl (C=O) groups excluding carboxylic acids is 1. The van der Waals surface area contributed by atoms with Gasteiger partial charge in [0.05, 0.1) is 11.9 Å². The van der Waals surface area contributed by atoms with Crippen LogP contribution in [0.5, 0.6) is 0 Å². The van der Waals surface area contributed by atoms with Crippen molar-refractivity contribution >= 4 is 17.4 Å². The van der Waals surface area contributed by atoms with Crippen LogP contribution in [0.25, 0.3) is 0 Å². The van der Waals surface area contributed by atoms with E-state index in [4.69, 9.17) is 5.73 Å². The van der Waals surface area contributed by atoms with Crippen molar-refractivity contribution in [2.45, 2.75) is 13.3 Å². The van der Waals surface area contributed by atoms with Crippen LogP contribution in [0.2, 0.25) is 0 Å². The fourth-order valence-corrected chi connectivity index (χ4v) is 1.82. The number of carbonyl (C=O) groups is 1. The Morgan fingerprint density at radius 2 is 1.90 bits per heavy atom. The third-order valence-corrected chi connectivity index (χ3v) is 3.05. The Hall–Kier alpha value is -2.56. The van der Waals surface area contributed by atoms with Crippen molar-refractivity contribution in [2.24, 2.45) is 0 Å². The minimum atomic E-state index is -0.0411. The number of nitrogen functional groups attached to an aromatic ring is 1. The molecule has 5 heteroatoms. The highest BCUT2D eigenvalue weighted by Gasteiger charge is 2.03. The number of nitrogens with zero attached hydrogens (tertiary/aromatic N) is 1. The van der Waals surface area contributed by atoms with E-state index in [9.17, 15) is 4.79 Å². The summed E-state index contributed by atoms with van der Waals surface area (Å²) in [5, 5.41) is 6.07. The van der Waals surface area contributed by atoms with Gasteiger partial charge >= 0.3 is 0 Å². The third-order valence-electron chi connectivity index (χ3n) is 3.05. The van der Waals surface area contributed by atoms with E-state index < -0.39 is 0 Å². The Kier molecular flexibility index (Phi) is 5.15. The van der Waals surface area contributed by atoms with Crippen LogP contribution in [-0.4, -0.2) is 24.0 Å². The number of hydrogen-bond donors (Lipinski definition) is 3. The van der Waals surface area contributed by atoms with Crippen LogP contribution in [0.15, 0.2) is 42.6 Å². The molecule has 5 nitrogen and oxygen atoms in total. The standard InChI is InChI=1S/C16H20N4O/c1-12-3-5-13(6-4-12)16(21)19-10-2-9-18-15-8-7-14(17)11-20-15/h3-8,11H,2,9-10,17H2,1H3,(H,18,20)(H,19,21). The average molecular weight is 284 g/mol. The van der Waals surface area contributed by atoms with Crippen LogP contribution in [0, 0.1) is 6.92 Å². The molecule has 1 heterocycles. The number of benzene rings is 1. The van der Waals surface area contributed by atoms with Crippen LogP contribution in [-0.2, 0) is 0 Å². The maximum atomic E-state index is 11.9. The zero-order valence-corrected chi connectivity index (χ0v) is 12.1. The first-order valence-electron chi connectivity index (χ1n) is 6.95. The van der Waals surface area contributed by atoms with Crippen molar-refractivity contribution in [1.82, 2.24) is 10.3 Å². The molecule has 0 unspecified atom stereocenters. The van der Waals surface area contributed by atoms with E-state index in [1.54, 1.807) is 12.3 Å². The minimum Gasteiger partial charge on any atom is -0.397 e. The predicted octanol–water partition coefficient (Wildman–Crippen LogP) is 2.20. The molecule has 110 valence electrons. The molecule has 0 atom stereocenters. The first kappa shape index (κ1) is 14.8. The van der Waals surface area contributed by atoms with Gasteiger partial charge in [0.25, 0.3) is 5.91 Å². The van der Waals surface area contributed by atoms with Crippen LogP contribution in [0.1, 0.15) is 22.3 Å². The van der Waals surface area contributed by atoms with Crippen LogP contribution in [0.4, 0.5) is 11.5 Å². The van der Waals surface area contributed by atoms with Crippen molar-refractivity contribution in [3.8, 4) is 0 Å². The lowest BCUT2D eigenvalue weighted by Crippen LogP contribution is -2.25. The zero-order chi connectivity index (χ0) is 15.1. The van der Waals surface area contributed by atoms with Crippen LogP contribution < -0.4 is 16.4 Å². The lowest BCUT2D eigenvalue weighted by molar-refractivity contribution is 0.0953. The largest absolute Gasteiger partial charge is 0.397 e. The molecule has 2 rings (SSSR count). The van der Waals surface area contributed by atoms with E-state index in [2.05, 4.69) is 15.6 Å². The molecule has 4 N–H and O–H groups in total. The predicted molar refractivity (Wildman–Crippen MR) is 85.3 cm³/mol. The van der Waals surface area contributed by atoms with E-state index in [0.717, 1.165) is 24.3 Å². The molecule has 1 amide bonds.